The number of rotatable bonds is 6. The molecule has 0 bridgehead atoms. The Hall–Kier alpha value is -5.04. The van der Waals surface area contributed by atoms with Gasteiger partial charge in [-0.05, 0) is 67.4 Å². The highest BCUT2D eigenvalue weighted by molar-refractivity contribution is 6.23. The van der Waals surface area contributed by atoms with E-state index in [-0.39, 0.29) is 18.2 Å². The third-order valence-corrected chi connectivity index (χ3v) is 7.43. The number of aromatic nitrogens is 1. The summed E-state index contributed by atoms with van der Waals surface area (Å²) < 4.78 is 5.85. The lowest BCUT2D eigenvalue weighted by Crippen LogP contribution is -2.47. The zero-order valence-corrected chi connectivity index (χ0v) is 22.2. The smallest absolute Gasteiger partial charge is 0.257 e. The standard InChI is InChI=1S/C33H27N3O4/c1-21-10-6-7-13-26(21)32(38)35(22(2)23-11-4-3-5-12-23)28-20-30(37)36(33(28)39)25-18-16-24(17-19-25)31-34-27-14-8-9-15-29(27)40-31/h3-19,22,28H,20H2,1-2H3. The van der Waals surface area contributed by atoms with Crippen molar-refractivity contribution in [3.8, 4) is 11.5 Å². The molecule has 2 unspecified atom stereocenters. The normalized spacial score (nSPS) is 15.9. The SMILES string of the molecule is Cc1ccccc1C(=O)N(C1CC(=O)N(c2ccc(-c3nc4ccccc4o3)cc2)C1=O)C(C)c1ccccc1. The average Bonchev–Trinajstić information content (AvgIpc) is 3.54. The highest BCUT2D eigenvalue weighted by Crippen LogP contribution is 2.34. The lowest BCUT2D eigenvalue weighted by molar-refractivity contribution is -0.122. The van der Waals surface area contributed by atoms with Gasteiger partial charge in [-0.2, -0.15) is 0 Å². The molecule has 0 N–H and O–H groups in total. The number of carbonyl (C=O) groups is 3. The van der Waals surface area contributed by atoms with Gasteiger partial charge in [-0.25, -0.2) is 9.88 Å². The summed E-state index contributed by atoms with van der Waals surface area (Å²) in [6, 6.07) is 29.9. The van der Waals surface area contributed by atoms with Gasteiger partial charge in [0, 0.05) is 11.1 Å². The fourth-order valence-corrected chi connectivity index (χ4v) is 5.28. The number of hydrogen-bond acceptors (Lipinski definition) is 5. The van der Waals surface area contributed by atoms with E-state index in [0.717, 1.165) is 22.2 Å². The summed E-state index contributed by atoms with van der Waals surface area (Å²) in [5, 5.41) is 0. The van der Waals surface area contributed by atoms with E-state index in [2.05, 4.69) is 4.98 Å². The van der Waals surface area contributed by atoms with Crippen LogP contribution in [0.2, 0.25) is 0 Å². The number of carbonyl (C=O) groups excluding carboxylic acids is 3. The molecule has 1 aromatic heterocycles. The minimum atomic E-state index is -0.938. The van der Waals surface area contributed by atoms with Crippen LogP contribution < -0.4 is 4.90 Å². The van der Waals surface area contributed by atoms with Crippen LogP contribution in [0.25, 0.3) is 22.6 Å². The molecule has 198 valence electrons. The second-order valence-electron chi connectivity index (χ2n) is 9.93. The Morgan fingerprint density at radius 2 is 1.57 bits per heavy atom. The van der Waals surface area contributed by atoms with Crippen molar-refractivity contribution in [3.63, 3.8) is 0 Å². The van der Waals surface area contributed by atoms with Gasteiger partial charge < -0.3 is 9.32 Å². The number of aryl methyl sites for hydroxylation is 1. The molecule has 5 aromatic rings. The maximum Gasteiger partial charge on any atom is 0.257 e. The molecule has 1 saturated heterocycles. The van der Waals surface area contributed by atoms with Crippen LogP contribution in [0, 0.1) is 6.92 Å². The molecule has 0 saturated carbocycles. The van der Waals surface area contributed by atoms with Gasteiger partial charge >= 0.3 is 0 Å². The lowest BCUT2D eigenvalue weighted by Gasteiger charge is -2.34. The third kappa shape index (κ3) is 4.45. The van der Waals surface area contributed by atoms with Gasteiger partial charge in [0.05, 0.1) is 18.2 Å². The molecular weight excluding hydrogens is 502 g/mol. The molecular formula is C33H27N3O4. The van der Waals surface area contributed by atoms with Crippen molar-refractivity contribution >= 4 is 34.5 Å². The molecule has 2 heterocycles. The van der Waals surface area contributed by atoms with Crippen LogP contribution in [0.15, 0.2) is 108 Å². The monoisotopic (exact) mass is 529 g/mol. The molecule has 3 amide bonds. The average molecular weight is 530 g/mol. The Morgan fingerprint density at radius 3 is 2.30 bits per heavy atom. The van der Waals surface area contributed by atoms with Crippen LogP contribution in [0.5, 0.6) is 0 Å². The van der Waals surface area contributed by atoms with Crippen molar-refractivity contribution in [3.05, 3.63) is 120 Å². The minimum absolute atomic E-state index is 0.0967. The quantitative estimate of drug-likeness (QED) is 0.240. The Balaban J connectivity index is 1.32. The third-order valence-electron chi connectivity index (χ3n) is 7.43. The van der Waals surface area contributed by atoms with E-state index in [1.165, 1.54) is 4.90 Å². The number of fused-ring (bicyclic) bond motifs is 1. The maximum absolute atomic E-state index is 14.0. The molecule has 1 aliphatic heterocycles. The maximum atomic E-state index is 14.0. The van der Waals surface area contributed by atoms with E-state index in [4.69, 9.17) is 4.42 Å². The summed E-state index contributed by atoms with van der Waals surface area (Å²) in [6.45, 7) is 3.76. The minimum Gasteiger partial charge on any atom is -0.436 e. The molecule has 1 aliphatic rings. The molecule has 7 heteroatoms. The number of nitrogens with zero attached hydrogens (tertiary/aromatic N) is 3. The molecule has 2 atom stereocenters. The first-order chi connectivity index (χ1) is 19.4. The van der Waals surface area contributed by atoms with Crippen molar-refractivity contribution in [2.75, 3.05) is 4.90 Å². The Morgan fingerprint density at radius 1 is 0.900 bits per heavy atom. The van der Waals surface area contributed by atoms with Gasteiger partial charge in [-0.1, -0.05) is 60.7 Å². The van der Waals surface area contributed by atoms with Crippen LogP contribution in [0.3, 0.4) is 0 Å². The first-order valence-corrected chi connectivity index (χ1v) is 13.2. The summed E-state index contributed by atoms with van der Waals surface area (Å²) in [5.41, 5.74) is 4.79. The van der Waals surface area contributed by atoms with Crippen LogP contribution in [0.1, 0.15) is 40.9 Å². The zero-order valence-electron chi connectivity index (χ0n) is 22.2. The molecule has 7 nitrogen and oxygen atoms in total. The first kappa shape index (κ1) is 25.2. The van der Waals surface area contributed by atoms with Gasteiger partial charge in [0.25, 0.3) is 11.8 Å². The van der Waals surface area contributed by atoms with E-state index in [9.17, 15) is 14.4 Å². The number of imide groups is 1. The van der Waals surface area contributed by atoms with Gasteiger partial charge in [-0.15, -0.1) is 0 Å². The highest BCUT2D eigenvalue weighted by Gasteiger charge is 2.46. The van der Waals surface area contributed by atoms with Gasteiger partial charge in [-0.3, -0.25) is 14.4 Å². The summed E-state index contributed by atoms with van der Waals surface area (Å²) in [6.07, 6.45) is -0.0967. The molecule has 1 fully saturated rings. The number of benzene rings is 4. The van der Waals surface area contributed by atoms with Crippen molar-refractivity contribution in [2.24, 2.45) is 0 Å². The van der Waals surface area contributed by atoms with Gasteiger partial charge in [0.15, 0.2) is 5.58 Å². The first-order valence-electron chi connectivity index (χ1n) is 13.2. The fourth-order valence-electron chi connectivity index (χ4n) is 5.28. The Bertz CT molecular complexity index is 1690. The molecule has 0 aliphatic carbocycles. The predicted octanol–water partition coefficient (Wildman–Crippen LogP) is 6.34. The van der Waals surface area contributed by atoms with E-state index in [1.54, 1.807) is 41.3 Å². The van der Waals surface area contributed by atoms with Crippen molar-refractivity contribution in [2.45, 2.75) is 32.4 Å². The van der Waals surface area contributed by atoms with E-state index >= 15 is 0 Å². The topological polar surface area (TPSA) is 83.7 Å². The number of para-hydroxylation sites is 2. The number of oxazole rings is 1. The van der Waals surface area contributed by atoms with Crippen molar-refractivity contribution < 1.29 is 18.8 Å². The van der Waals surface area contributed by atoms with Crippen molar-refractivity contribution in [1.82, 2.24) is 9.88 Å². The molecule has 4 aromatic carbocycles. The van der Waals surface area contributed by atoms with E-state index in [0.29, 0.717) is 22.7 Å². The van der Waals surface area contributed by atoms with E-state index < -0.39 is 18.0 Å². The van der Waals surface area contributed by atoms with Crippen LogP contribution >= 0.6 is 0 Å². The van der Waals surface area contributed by atoms with Crippen molar-refractivity contribution in [1.29, 1.82) is 0 Å². The number of amides is 3. The Kier molecular flexibility index (Phi) is 6.48. The number of hydrogen-bond donors (Lipinski definition) is 0. The summed E-state index contributed by atoms with van der Waals surface area (Å²) in [5.74, 6) is -0.609. The Labute approximate surface area is 231 Å². The highest BCUT2D eigenvalue weighted by atomic mass is 16.3. The van der Waals surface area contributed by atoms with Gasteiger partial charge in [0.1, 0.15) is 11.6 Å². The summed E-state index contributed by atoms with van der Waals surface area (Å²) in [7, 11) is 0. The van der Waals surface area contributed by atoms with Crippen LogP contribution in [-0.4, -0.2) is 33.6 Å². The summed E-state index contributed by atoms with van der Waals surface area (Å²) >= 11 is 0. The fraction of sp³-hybridized carbons (Fsp3) is 0.152. The summed E-state index contributed by atoms with van der Waals surface area (Å²) in [4.78, 5) is 48.4. The molecule has 0 spiro atoms. The molecule has 40 heavy (non-hydrogen) atoms. The largest absolute Gasteiger partial charge is 0.436 e. The lowest BCUT2D eigenvalue weighted by atomic mass is 10.0. The van der Waals surface area contributed by atoms with Gasteiger partial charge in [0.2, 0.25) is 11.8 Å². The number of anilines is 1. The van der Waals surface area contributed by atoms with Crippen LogP contribution in [0.4, 0.5) is 5.69 Å². The zero-order chi connectivity index (χ0) is 27.8. The van der Waals surface area contributed by atoms with E-state index in [1.807, 2.05) is 80.6 Å². The molecule has 6 rings (SSSR count). The van der Waals surface area contributed by atoms with Crippen LogP contribution in [-0.2, 0) is 9.59 Å². The predicted molar refractivity (Wildman–Crippen MR) is 153 cm³/mol. The molecule has 0 radical (unpaired) electrons. The second kappa shape index (κ2) is 10.3. The second-order valence-corrected chi connectivity index (χ2v) is 9.93.